The molecule has 0 radical (unpaired) electrons. The van der Waals surface area contributed by atoms with Crippen LogP contribution in [0.15, 0.2) is 53.0 Å². The van der Waals surface area contributed by atoms with Crippen molar-refractivity contribution in [2.75, 3.05) is 17.2 Å². The predicted molar refractivity (Wildman–Crippen MR) is 82.3 cm³/mol. The van der Waals surface area contributed by atoms with Gasteiger partial charge in [-0.05, 0) is 43.3 Å². The summed E-state index contributed by atoms with van der Waals surface area (Å²) >= 11 is 3.36. The highest BCUT2D eigenvalue weighted by atomic mass is 79.9. The maximum absolute atomic E-state index is 12.5. The molecule has 0 atom stereocenters. The summed E-state index contributed by atoms with van der Waals surface area (Å²) in [6.45, 7) is 2.51. The van der Waals surface area contributed by atoms with Crippen molar-refractivity contribution in [2.45, 2.75) is 6.92 Å². The Morgan fingerprint density at radius 1 is 1.16 bits per heavy atom. The van der Waals surface area contributed by atoms with Gasteiger partial charge >= 0.3 is 0 Å². The van der Waals surface area contributed by atoms with Gasteiger partial charge in [0.2, 0.25) is 0 Å². The molecule has 0 saturated carbocycles. The van der Waals surface area contributed by atoms with Crippen LogP contribution in [0.3, 0.4) is 0 Å². The van der Waals surface area contributed by atoms with Crippen LogP contribution in [-0.2, 0) is 0 Å². The zero-order valence-corrected chi connectivity index (χ0v) is 12.2. The first-order valence-corrected chi connectivity index (χ1v) is 6.84. The third-order valence-electron chi connectivity index (χ3n) is 2.88. The van der Waals surface area contributed by atoms with Crippen LogP contribution in [-0.4, -0.2) is 12.5 Å². The van der Waals surface area contributed by atoms with Crippen LogP contribution in [0.2, 0.25) is 0 Å². The molecule has 0 aliphatic rings. The molecule has 19 heavy (non-hydrogen) atoms. The molecule has 2 rings (SSSR count). The van der Waals surface area contributed by atoms with Crippen molar-refractivity contribution < 1.29 is 4.79 Å². The fourth-order valence-corrected chi connectivity index (χ4v) is 2.17. The van der Waals surface area contributed by atoms with E-state index in [1.165, 1.54) is 0 Å². The van der Waals surface area contributed by atoms with E-state index in [0.29, 0.717) is 17.8 Å². The SMILES string of the molecule is CCN(C(=O)c1ccc(Br)cc1)c1ccccc1N. The number of nitrogens with two attached hydrogens (primary N) is 1. The molecule has 0 heterocycles. The Kier molecular flexibility index (Phi) is 4.22. The number of benzene rings is 2. The van der Waals surface area contributed by atoms with Gasteiger partial charge in [-0.2, -0.15) is 0 Å². The van der Waals surface area contributed by atoms with Crippen molar-refractivity contribution in [3.05, 3.63) is 58.6 Å². The highest BCUT2D eigenvalue weighted by Crippen LogP contribution is 2.24. The number of hydrogen-bond acceptors (Lipinski definition) is 2. The van der Waals surface area contributed by atoms with Gasteiger partial charge in [-0.25, -0.2) is 0 Å². The third-order valence-corrected chi connectivity index (χ3v) is 3.41. The van der Waals surface area contributed by atoms with Gasteiger partial charge in [0.25, 0.3) is 5.91 Å². The first-order valence-electron chi connectivity index (χ1n) is 6.05. The molecular formula is C15H15BrN2O. The van der Waals surface area contributed by atoms with Crippen LogP contribution >= 0.6 is 15.9 Å². The molecule has 0 aromatic heterocycles. The zero-order valence-electron chi connectivity index (χ0n) is 10.6. The minimum Gasteiger partial charge on any atom is -0.397 e. The topological polar surface area (TPSA) is 46.3 Å². The van der Waals surface area contributed by atoms with Crippen molar-refractivity contribution in [3.63, 3.8) is 0 Å². The highest BCUT2D eigenvalue weighted by molar-refractivity contribution is 9.10. The molecule has 3 nitrogen and oxygen atoms in total. The van der Waals surface area contributed by atoms with Gasteiger partial charge in [0.15, 0.2) is 0 Å². The van der Waals surface area contributed by atoms with E-state index in [2.05, 4.69) is 15.9 Å². The number of nitrogen functional groups attached to an aromatic ring is 1. The van der Waals surface area contributed by atoms with Crippen molar-refractivity contribution >= 4 is 33.2 Å². The molecule has 1 amide bonds. The number of carbonyl (C=O) groups excluding carboxylic acids is 1. The lowest BCUT2D eigenvalue weighted by Gasteiger charge is -2.22. The molecule has 2 N–H and O–H groups in total. The maximum Gasteiger partial charge on any atom is 0.258 e. The van der Waals surface area contributed by atoms with E-state index in [-0.39, 0.29) is 5.91 Å². The number of halogens is 1. The van der Waals surface area contributed by atoms with Gasteiger partial charge in [0.1, 0.15) is 0 Å². The number of hydrogen-bond donors (Lipinski definition) is 1. The van der Waals surface area contributed by atoms with E-state index in [1.54, 1.807) is 23.1 Å². The summed E-state index contributed by atoms with van der Waals surface area (Å²) in [5.41, 5.74) is 7.94. The van der Waals surface area contributed by atoms with E-state index in [9.17, 15) is 4.79 Å². The lowest BCUT2D eigenvalue weighted by Crippen LogP contribution is -2.31. The van der Waals surface area contributed by atoms with Gasteiger partial charge in [0.05, 0.1) is 11.4 Å². The second kappa shape index (κ2) is 5.89. The summed E-state index contributed by atoms with van der Waals surface area (Å²) in [5.74, 6) is -0.0482. The summed E-state index contributed by atoms with van der Waals surface area (Å²) in [5, 5.41) is 0. The lowest BCUT2D eigenvalue weighted by atomic mass is 10.1. The van der Waals surface area contributed by atoms with Crippen LogP contribution in [0.4, 0.5) is 11.4 Å². The van der Waals surface area contributed by atoms with E-state index in [0.717, 1.165) is 10.2 Å². The summed E-state index contributed by atoms with van der Waals surface area (Å²) in [4.78, 5) is 14.2. The number of para-hydroxylation sites is 2. The summed E-state index contributed by atoms with van der Waals surface area (Å²) in [7, 11) is 0. The third kappa shape index (κ3) is 2.96. The molecular weight excluding hydrogens is 304 g/mol. The van der Waals surface area contributed by atoms with Crippen molar-refractivity contribution in [1.82, 2.24) is 0 Å². The van der Waals surface area contributed by atoms with E-state index < -0.39 is 0 Å². The lowest BCUT2D eigenvalue weighted by molar-refractivity contribution is 0.0988. The number of anilines is 2. The first-order chi connectivity index (χ1) is 9.13. The van der Waals surface area contributed by atoms with Crippen LogP contribution in [0.25, 0.3) is 0 Å². The molecule has 0 fully saturated rings. The Hall–Kier alpha value is -1.81. The van der Waals surface area contributed by atoms with Crippen molar-refractivity contribution in [1.29, 1.82) is 0 Å². The van der Waals surface area contributed by atoms with E-state index >= 15 is 0 Å². The largest absolute Gasteiger partial charge is 0.397 e. The van der Waals surface area contributed by atoms with Crippen LogP contribution < -0.4 is 10.6 Å². The normalized spacial score (nSPS) is 10.2. The second-order valence-electron chi connectivity index (χ2n) is 4.12. The van der Waals surface area contributed by atoms with E-state index in [1.807, 2.05) is 37.3 Å². The van der Waals surface area contributed by atoms with Crippen LogP contribution in [0, 0.1) is 0 Å². The highest BCUT2D eigenvalue weighted by Gasteiger charge is 2.17. The van der Waals surface area contributed by atoms with Crippen LogP contribution in [0.1, 0.15) is 17.3 Å². The van der Waals surface area contributed by atoms with Crippen LogP contribution in [0.5, 0.6) is 0 Å². The van der Waals surface area contributed by atoms with Gasteiger partial charge in [-0.3, -0.25) is 4.79 Å². The van der Waals surface area contributed by atoms with Gasteiger partial charge < -0.3 is 10.6 Å². The smallest absolute Gasteiger partial charge is 0.258 e. The van der Waals surface area contributed by atoms with Crippen molar-refractivity contribution in [3.8, 4) is 0 Å². The Morgan fingerprint density at radius 3 is 2.37 bits per heavy atom. The average molecular weight is 319 g/mol. The molecule has 4 heteroatoms. The molecule has 0 aliphatic carbocycles. The fourth-order valence-electron chi connectivity index (χ4n) is 1.90. The number of amides is 1. The Balaban J connectivity index is 2.35. The van der Waals surface area contributed by atoms with Gasteiger partial charge in [0, 0.05) is 16.6 Å². The molecule has 0 saturated heterocycles. The molecule has 98 valence electrons. The van der Waals surface area contributed by atoms with E-state index in [4.69, 9.17) is 5.73 Å². The van der Waals surface area contributed by atoms with Gasteiger partial charge in [-0.15, -0.1) is 0 Å². The fraction of sp³-hybridized carbons (Fsp3) is 0.133. The molecule has 2 aromatic rings. The Morgan fingerprint density at radius 2 is 1.79 bits per heavy atom. The Labute approximate surface area is 121 Å². The summed E-state index contributed by atoms with van der Waals surface area (Å²) in [6, 6.07) is 14.7. The van der Waals surface area contributed by atoms with Gasteiger partial charge in [-0.1, -0.05) is 28.1 Å². The maximum atomic E-state index is 12.5. The standard InChI is InChI=1S/C15H15BrN2O/c1-2-18(14-6-4-3-5-13(14)17)15(19)11-7-9-12(16)10-8-11/h3-10H,2,17H2,1H3. The predicted octanol–water partition coefficient (Wildman–Crippen LogP) is 3.70. The molecule has 2 aromatic carbocycles. The summed E-state index contributed by atoms with van der Waals surface area (Å²) < 4.78 is 0.950. The molecule has 0 spiro atoms. The zero-order chi connectivity index (χ0) is 13.8. The van der Waals surface area contributed by atoms with Crippen molar-refractivity contribution in [2.24, 2.45) is 0 Å². The number of rotatable bonds is 3. The molecule has 0 unspecified atom stereocenters. The number of nitrogens with zero attached hydrogens (tertiary/aromatic N) is 1. The molecule has 0 aliphatic heterocycles. The minimum absolute atomic E-state index is 0.0482. The first kappa shape index (κ1) is 13.6. The monoisotopic (exact) mass is 318 g/mol. The quantitative estimate of drug-likeness (QED) is 0.877. The molecule has 0 bridgehead atoms. The number of carbonyl (C=O) groups is 1. The second-order valence-corrected chi connectivity index (χ2v) is 5.03. The average Bonchev–Trinajstić information content (AvgIpc) is 2.42. The minimum atomic E-state index is -0.0482. The summed E-state index contributed by atoms with van der Waals surface area (Å²) in [6.07, 6.45) is 0. The Bertz CT molecular complexity index is 581.